The van der Waals surface area contributed by atoms with Crippen LogP contribution >= 0.6 is 0 Å². The van der Waals surface area contributed by atoms with Crippen LogP contribution in [0.25, 0.3) is 0 Å². The summed E-state index contributed by atoms with van der Waals surface area (Å²) < 4.78 is 32.9. The first kappa shape index (κ1) is 15.7. The van der Waals surface area contributed by atoms with Crippen LogP contribution in [0.2, 0.25) is 0 Å². The molecule has 0 aromatic heterocycles. The average molecular weight is 298 g/mol. The van der Waals surface area contributed by atoms with Gasteiger partial charge in [-0.3, -0.25) is 0 Å². The van der Waals surface area contributed by atoms with Crippen LogP contribution < -0.4 is 5.32 Å². The molecule has 0 aliphatic carbocycles. The Bertz CT molecular complexity index is 509. The molecule has 0 radical (unpaired) electrons. The minimum Gasteiger partial charge on any atom is -0.444 e. The van der Waals surface area contributed by atoms with E-state index < -0.39 is 29.4 Å². The minimum absolute atomic E-state index is 0.0363. The van der Waals surface area contributed by atoms with Crippen molar-refractivity contribution in [3.8, 4) is 0 Å². The highest BCUT2D eigenvalue weighted by Gasteiger charge is 2.30. The van der Waals surface area contributed by atoms with E-state index in [2.05, 4.69) is 5.32 Å². The number of hydrogen-bond donors (Lipinski definition) is 1. The highest BCUT2D eigenvalue weighted by Crippen LogP contribution is 2.24. The molecule has 2 rings (SSSR count). The summed E-state index contributed by atoms with van der Waals surface area (Å²) in [5.41, 5.74) is -0.633. The van der Waals surface area contributed by atoms with Crippen LogP contribution in [0.15, 0.2) is 18.2 Å². The van der Waals surface area contributed by atoms with Crippen LogP contribution in [-0.2, 0) is 4.74 Å². The zero-order valence-electron chi connectivity index (χ0n) is 12.5. The lowest BCUT2D eigenvalue weighted by atomic mass is 10.0. The Hall–Kier alpha value is -1.69. The van der Waals surface area contributed by atoms with E-state index in [-0.39, 0.29) is 12.1 Å². The Morgan fingerprint density at radius 1 is 1.33 bits per heavy atom. The fourth-order valence-electron chi connectivity index (χ4n) is 2.28. The van der Waals surface area contributed by atoms with E-state index in [0.717, 1.165) is 0 Å². The number of piperazine rings is 1. The van der Waals surface area contributed by atoms with E-state index in [0.29, 0.717) is 13.1 Å². The second-order valence-electron chi connectivity index (χ2n) is 6.07. The maximum Gasteiger partial charge on any atom is 0.410 e. The van der Waals surface area contributed by atoms with E-state index in [1.54, 1.807) is 20.8 Å². The fourth-order valence-corrected chi connectivity index (χ4v) is 2.28. The maximum absolute atomic E-state index is 13.8. The summed E-state index contributed by atoms with van der Waals surface area (Å²) in [6.07, 6.45) is -0.467. The van der Waals surface area contributed by atoms with Crippen LogP contribution in [-0.4, -0.2) is 36.2 Å². The summed E-state index contributed by atoms with van der Waals surface area (Å²) in [4.78, 5) is 13.5. The second kappa shape index (κ2) is 5.97. The number of hydrogen-bond acceptors (Lipinski definition) is 3. The number of nitrogens with zero attached hydrogens (tertiary/aromatic N) is 1. The smallest absolute Gasteiger partial charge is 0.410 e. The molecule has 1 aromatic carbocycles. The third kappa shape index (κ3) is 3.91. The van der Waals surface area contributed by atoms with Crippen LogP contribution in [0, 0.1) is 11.6 Å². The van der Waals surface area contributed by atoms with Gasteiger partial charge in [0.1, 0.15) is 17.2 Å². The van der Waals surface area contributed by atoms with Gasteiger partial charge in [-0.1, -0.05) is 6.07 Å². The topological polar surface area (TPSA) is 41.6 Å². The molecule has 6 heteroatoms. The molecule has 4 nitrogen and oxygen atoms in total. The van der Waals surface area contributed by atoms with Crippen molar-refractivity contribution in [1.29, 1.82) is 0 Å². The molecule has 1 aromatic rings. The largest absolute Gasteiger partial charge is 0.444 e. The van der Waals surface area contributed by atoms with Gasteiger partial charge in [-0.2, -0.15) is 0 Å². The van der Waals surface area contributed by atoms with Gasteiger partial charge in [0.15, 0.2) is 0 Å². The molecule has 0 bridgehead atoms. The average Bonchev–Trinajstić information content (AvgIpc) is 2.37. The molecule has 1 heterocycles. The zero-order chi connectivity index (χ0) is 15.6. The molecular weight excluding hydrogens is 278 g/mol. The van der Waals surface area contributed by atoms with Crippen LogP contribution in [0.1, 0.15) is 32.4 Å². The minimum atomic E-state index is -0.612. The van der Waals surface area contributed by atoms with Gasteiger partial charge in [0, 0.05) is 25.2 Å². The standard InChI is InChI=1S/C15H20F2N2O2/c1-15(2,3)21-14(20)19-8-7-18-12(9-19)13-10(16)5-4-6-11(13)17/h4-6,12,18H,7-9H2,1-3H3/t12-/m1/s1. The molecule has 1 saturated heterocycles. The molecule has 1 N–H and O–H groups in total. The normalized spacial score (nSPS) is 19.5. The fraction of sp³-hybridized carbons (Fsp3) is 0.533. The van der Waals surface area contributed by atoms with E-state index in [1.165, 1.54) is 23.1 Å². The van der Waals surface area contributed by atoms with Crippen LogP contribution in [0.4, 0.5) is 13.6 Å². The quantitative estimate of drug-likeness (QED) is 0.867. The van der Waals surface area contributed by atoms with E-state index in [9.17, 15) is 13.6 Å². The summed E-state index contributed by atoms with van der Waals surface area (Å²) in [6, 6.07) is 3.18. The van der Waals surface area contributed by atoms with Crippen molar-refractivity contribution >= 4 is 6.09 Å². The van der Waals surface area contributed by atoms with E-state index >= 15 is 0 Å². The van der Waals surface area contributed by atoms with Crippen molar-refractivity contribution in [2.75, 3.05) is 19.6 Å². The highest BCUT2D eigenvalue weighted by molar-refractivity contribution is 5.68. The van der Waals surface area contributed by atoms with Crippen molar-refractivity contribution in [3.05, 3.63) is 35.4 Å². The lowest BCUT2D eigenvalue weighted by molar-refractivity contribution is 0.0192. The number of amides is 1. The van der Waals surface area contributed by atoms with Crippen molar-refractivity contribution < 1.29 is 18.3 Å². The Morgan fingerprint density at radius 3 is 2.52 bits per heavy atom. The predicted octanol–water partition coefficient (Wildman–Crippen LogP) is 2.85. The summed E-state index contributed by atoms with van der Waals surface area (Å²) >= 11 is 0. The lowest BCUT2D eigenvalue weighted by Crippen LogP contribution is -2.50. The van der Waals surface area contributed by atoms with Crippen LogP contribution in [0.5, 0.6) is 0 Å². The molecule has 1 amide bonds. The highest BCUT2D eigenvalue weighted by atomic mass is 19.1. The molecule has 116 valence electrons. The number of ether oxygens (including phenoxy) is 1. The molecule has 0 saturated carbocycles. The van der Waals surface area contributed by atoms with Crippen molar-refractivity contribution in [1.82, 2.24) is 10.2 Å². The van der Waals surface area contributed by atoms with Crippen molar-refractivity contribution in [2.45, 2.75) is 32.4 Å². The Balaban J connectivity index is 2.13. The van der Waals surface area contributed by atoms with E-state index in [1.807, 2.05) is 0 Å². The number of halogens is 2. The first-order valence-corrected chi connectivity index (χ1v) is 6.93. The van der Waals surface area contributed by atoms with Crippen LogP contribution in [0.3, 0.4) is 0 Å². The molecule has 1 aliphatic rings. The Morgan fingerprint density at radius 2 is 1.95 bits per heavy atom. The molecular formula is C15H20F2N2O2. The van der Waals surface area contributed by atoms with E-state index in [4.69, 9.17) is 4.74 Å². The zero-order valence-corrected chi connectivity index (χ0v) is 12.5. The first-order chi connectivity index (χ1) is 9.78. The summed E-state index contributed by atoms with van der Waals surface area (Å²) in [7, 11) is 0. The van der Waals surface area contributed by atoms with Crippen molar-refractivity contribution in [3.63, 3.8) is 0 Å². The molecule has 1 aliphatic heterocycles. The monoisotopic (exact) mass is 298 g/mol. The lowest BCUT2D eigenvalue weighted by Gasteiger charge is -2.35. The Kier molecular flexibility index (Phi) is 4.46. The van der Waals surface area contributed by atoms with Gasteiger partial charge >= 0.3 is 6.09 Å². The number of carbonyl (C=O) groups is 1. The third-order valence-corrected chi connectivity index (χ3v) is 3.18. The van der Waals surface area contributed by atoms with Crippen molar-refractivity contribution in [2.24, 2.45) is 0 Å². The van der Waals surface area contributed by atoms with Gasteiger partial charge in [-0.25, -0.2) is 13.6 Å². The molecule has 0 spiro atoms. The summed E-state index contributed by atoms with van der Waals surface area (Å²) in [6.45, 7) is 6.41. The van der Waals surface area contributed by atoms with Gasteiger partial charge in [-0.15, -0.1) is 0 Å². The van der Waals surface area contributed by atoms with Gasteiger partial charge in [0.05, 0.1) is 6.04 Å². The number of rotatable bonds is 1. The Labute approximate surface area is 123 Å². The number of carbonyl (C=O) groups excluding carboxylic acids is 1. The maximum atomic E-state index is 13.8. The number of nitrogens with one attached hydrogen (secondary N) is 1. The van der Waals surface area contributed by atoms with Gasteiger partial charge in [-0.05, 0) is 32.9 Å². The molecule has 1 atom stereocenters. The summed E-state index contributed by atoms with van der Waals surface area (Å²) in [5, 5.41) is 3.04. The molecule has 21 heavy (non-hydrogen) atoms. The first-order valence-electron chi connectivity index (χ1n) is 6.93. The predicted molar refractivity (Wildman–Crippen MR) is 74.9 cm³/mol. The van der Waals surface area contributed by atoms with Gasteiger partial charge in [0.2, 0.25) is 0 Å². The SMILES string of the molecule is CC(C)(C)OC(=O)N1CCN[C@@H](c2c(F)cccc2F)C1. The molecule has 1 fully saturated rings. The third-order valence-electron chi connectivity index (χ3n) is 3.18. The summed E-state index contributed by atoms with van der Waals surface area (Å²) in [5.74, 6) is -1.22. The number of benzene rings is 1. The molecule has 0 unspecified atom stereocenters. The van der Waals surface area contributed by atoms with Gasteiger partial charge in [0.25, 0.3) is 0 Å². The van der Waals surface area contributed by atoms with Gasteiger partial charge < -0.3 is 15.0 Å². The second-order valence-corrected chi connectivity index (χ2v) is 6.07.